The summed E-state index contributed by atoms with van der Waals surface area (Å²) in [5.41, 5.74) is 0. The molecule has 0 aromatic rings. The molecule has 0 N–H and O–H groups in total. The number of hydrogen-bond donors (Lipinski definition) is 0. The summed E-state index contributed by atoms with van der Waals surface area (Å²) in [5.74, 6) is -0.0365. The number of unbranched alkanes of at least 4 members (excludes halogenated alkanes) is 36. The summed E-state index contributed by atoms with van der Waals surface area (Å²) in [4.78, 5) is 38.0. The molecule has 0 radical (unpaired) electrons. The van der Waals surface area contributed by atoms with Gasteiger partial charge in [0, 0.05) is 19.3 Å². The monoisotopic (exact) mass is 849 g/mol. The molecular weight excluding hydrogens is 745 g/mol. The van der Waals surface area contributed by atoms with Crippen molar-refractivity contribution in [3.63, 3.8) is 0 Å². The molecule has 1 atom stereocenters. The van der Waals surface area contributed by atoms with E-state index in [0.29, 0.717) is 19.3 Å². The number of hydrogen-bond acceptors (Lipinski definition) is 6. The highest BCUT2D eigenvalue weighted by molar-refractivity contribution is 5.71. The minimum absolute atomic E-state index is 0.0628. The maximum absolute atomic E-state index is 12.8. The molecule has 0 fully saturated rings. The average Bonchev–Trinajstić information content (AvgIpc) is 3.23. The van der Waals surface area contributed by atoms with Crippen LogP contribution >= 0.6 is 0 Å². The summed E-state index contributed by atoms with van der Waals surface area (Å²) in [6, 6.07) is 0. The van der Waals surface area contributed by atoms with Crippen molar-refractivity contribution < 1.29 is 28.6 Å². The molecule has 6 nitrogen and oxygen atoms in total. The molecular formula is C54H104O6. The maximum Gasteiger partial charge on any atom is 0.306 e. The Kier molecular flexibility index (Phi) is 47.2. The Morgan fingerprint density at radius 2 is 0.550 bits per heavy atom. The first-order chi connectivity index (χ1) is 29.4. The van der Waals surface area contributed by atoms with Crippen molar-refractivity contribution in [3.8, 4) is 0 Å². The lowest BCUT2D eigenvalue weighted by atomic mass is 10.0. The minimum Gasteiger partial charge on any atom is -0.462 e. The molecule has 6 heteroatoms. The second-order valence-electron chi connectivity index (χ2n) is 19.0. The van der Waals surface area contributed by atoms with E-state index in [1.807, 2.05) is 0 Å². The second kappa shape index (κ2) is 48.4. The van der Waals surface area contributed by atoms with Crippen LogP contribution in [0.15, 0.2) is 0 Å². The molecule has 60 heavy (non-hydrogen) atoms. The molecule has 0 aromatic heterocycles. The fourth-order valence-corrected chi connectivity index (χ4v) is 8.22. The first-order valence-electron chi connectivity index (χ1n) is 26.9. The summed E-state index contributed by atoms with van der Waals surface area (Å²) in [7, 11) is 0. The van der Waals surface area contributed by atoms with Gasteiger partial charge < -0.3 is 14.2 Å². The zero-order chi connectivity index (χ0) is 43.8. The molecule has 356 valence electrons. The van der Waals surface area contributed by atoms with Crippen LogP contribution in [0.3, 0.4) is 0 Å². The van der Waals surface area contributed by atoms with Crippen LogP contribution in [-0.4, -0.2) is 37.2 Å². The van der Waals surface area contributed by atoms with Gasteiger partial charge in [-0.1, -0.05) is 265 Å². The molecule has 0 saturated heterocycles. The predicted octanol–water partition coefficient (Wildman–Crippen LogP) is 17.5. The van der Waals surface area contributed by atoms with E-state index in [2.05, 4.69) is 27.7 Å². The van der Waals surface area contributed by atoms with Crippen molar-refractivity contribution in [2.75, 3.05) is 13.2 Å². The second-order valence-corrected chi connectivity index (χ2v) is 19.0. The smallest absolute Gasteiger partial charge is 0.306 e. The molecule has 0 spiro atoms. The average molecular weight is 849 g/mol. The maximum atomic E-state index is 12.8. The van der Waals surface area contributed by atoms with Gasteiger partial charge in [0.15, 0.2) is 6.10 Å². The van der Waals surface area contributed by atoms with E-state index >= 15 is 0 Å². The zero-order valence-electron chi connectivity index (χ0n) is 40.9. The lowest BCUT2D eigenvalue weighted by Crippen LogP contribution is -2.30. The quantitative estimate of drug-likeness (QED) is 0.0345. The largest absolute Gasteiger partial charge is 0.462 e. The van der Waals surface area contributed by atoms with E-state index in [0.717, 1.165) is 63.7 Å². The molecule has 0 aliphatic rings. The summed E-state index contributed by atoms with van der Waals surface area (Å²) in [6.45, 7) is 9.02. The van der Waals surface area contributed by atoms with Gasteiger partial charge in [-0.15, -0.1) is 0 Å². The van der Waals surface area contributed by atoms with Crippen LogP contribution in [0.4, 0.5) is 0 Å². The van der Waals surface area contributed by atoms with Crippen molar-refractivity contribution >= 4 is 17.9 Å². The van der Waals surface area contributed by atoms with Crippen LogP contribution < -0.4 is 0 Å². The van der Waals surface area contributed by atoms with Gasteiger partial charge in [0.05, 0.1) is 0 Å². The van der Waals surface area contributed by atoms with E-state index in [1.165, 1.54) is 199 Å². The van der Waals surface area contributed by atoms with Gasteiger partial charge in [-0.3, -0.25) is 14.4 Å². The van der Waals surface area contributed by atoms with Crippen LogP contribution in [0.1, 0.15) is 304 Å². The topological polar surface area (TPSA) is 78.9 Å². The molecule has 0 amide bonds. The standard InChI is InChI=1S/C54H104O6/c1-5-7-9-11-13-15-17-19-21-22-24-26-30-34-38-42-46-53(56)59-49-51(60-54(57)47-43-39-35-31-27-28-32-36-40-44-50(3)4)48-58-52(55)45-41-37-33-29-25-23-20-18-16-14-12-10-8-6-2/h50-51H,5-49H2,1-4H3/t51-/m0/s1. The first kappa shape index (κ1) is 58.4. The van der Waals surface area contributed by atoms with Gasteiger partial charge >= 0.3 is 17.9 Å². The fraction of sp³-hybridized carbons (Fsp3) is 0.944. The van der Waals surface area contributed by atoms with E-state index in [9.17, 15) is 14.4 Å². The fourth-order valence-electron chi connectivity index (χ4n) is 8.22. The lowest BCUT2D eigenvalue weighted by Gasteiger charge is -2.18. The van der Waals surface area contributed by atoms with Crippen LogP contribution in [0.5, 0.6) is 0 Å². The number of carbonyl (C=O) groups excluding carboxylic acids is 3. The third-order valence-corrected chi connectivity index (χ3v) is 12.3. The van der Waals surface area contributed by atoms with Gasteiger partial charge in [0.2, 0.25) is 0 Å². The Balaban J connectivity index is 4.29. The molecule has 0 aliphatic heterocycles. The molecule has 0 heterocycles. The van der Waals surface area contributed by atoms with Crippen LogP contribution in [0.2, 0.25) is 0 Å². The number of rotatable bonds is 49. The predicted molar refractivity (Wildman–Crippen MR) is 257 cm³/mol. The van der Waals surface area contributed by atoms with Gasteiger partial charge in [0.1, 0.15) is 13.2 Å². The summed E-state index contributed by atoms with van der Waals surface area (Å²) in [6.07, 6.45) is 50.9. The molecule has 0 unspecified atom stereocenters. The van der Waals surface area contributed by atoms with Gasteiger partial charge in [-0.05, 0) is 25.2 Å². The normalized spacial score (nSPS) is 11.9. The Morgan fingerprint density at radius 3 is 0.817 bits per heavy atom. The van der Waals surface area contributed by atoms with Crippen LogP contribution in [0.25, 0.3) is 0 Å². The van der Waals surface area contributed by atoms with Crippen molar-refractivity contribution in [2.24, 2.45) is 5.92 Å². The van der Waals surface area contributed by atoms with Crippen molar-refractivity contribution in [3.05, 3.63) is 0 Å². The van der Waals surface area contributed by atoms with Gasteiger partial charge in [0.25, 0.3) is 0 Å². The Labute approximate surface area is 374 Å². The van der Waals surface area contributed by atoms with Crippen molar-refractivity contribution in [1.82, 2.24) is 0 Å². The summed E-state index contributed by atoms with van der Waals surface area (Å²) < 4.78 is 16.8. The highest BCUT2D eigenvalue weighted by Gasteiger charge is 2.19. The lowest BCUT2D eigenvalue weighted by molar-refractivity contribution is -0.167. The number of ether oxygens (including phenoxy) is 3. The Hall–Kier alpha value is -1.59. The van der Waals surface area contributed by atoms with E-state index in [4.69, 9.17) is 14.2 Å². The highest BCUT2D eigenvalue weighted by atomic mass is 16.6. The Morgan fingerprint density at radius 1 is 0.317 bits per heavy atom. The van der Waals surface area contributed by atoms with Crippen molar-refractivity contribution in [1.29, 1.82) is 0 Å². The van der Waals surface area contributed by atoms with Crippen molar-refractivity contribution in [2.45, 2.75) is 310 Å². The van der Waals surface area contributed by atoms with E-state index in [1.54, 1.807) is 0 Å². The zero-order valence-corrected chi connectivity index (χ0v) is 40.9. The molecule has 0 aliphatic carbocycles. The molecule has 0 aromatic carbocycles. The number of carbonyl (C=O) groups is 3. The van der Waals surface area contributed by atoms with Crippen LogP contribution in [0, 0.1) is 5.92 Å². The molecule has 0 saturated carbocycles. The summed E-state index contributed by atoms with van der Waals surface area (Å²) in [5, 5.41) is 0. The summed E-state index contributed by atoms with van der Waals surface area (Å²) >= 11 is 0. The Bertz CT molecular complexity index is 903. The minimum atomic E-state index is -0.761. The number of esters is 3. The first-order valence-corrected chi connectivity index (χ1v) is 26.9. The molecule has 0 bridgehead atoms. The third kappa shape index (κ3) is 47.5. The van der Waals surface area contributed by atoms with Crippen LogP contribution in [-0.2, 0) is 28.6 Å². The SMILES string of the molecule is CCCCCCCCCCCCCCCCCCC(=O)OC[C@H](COC(=O)CCCCCCCCCCCCCCCC)OC(=O)CCCCCCCCCCCC(C)C. The van der Waals surface area contributed by atoms with E-state index < -0.39 is 6.10 Å². The molecule has 0 rings (SSSR count). The van der Waals surface area contributed by atoms with E-state index in [-0.39, 0.29) is 31.1 Å². The third-order valence-electron chi connectivity index (χ3n) is 12.3. The van der Waals surface area contributed by atoms with Gasteiger partial charge in [-0.25, -0.2) is 0 Å². The highest BCUT2D eigenvalue weighted by Crippen LogP contribution is 2.17. The van der Waals surface area contributed by atoms with Gasteiger partial charge in [-0.2, -0.15) is 0 Å².